The van der Waals surface area contributed by atoms with Gasteiger partial charge in [-0.3, -0.25) is 9.59 Å². The Morgan fingerprint density at radius 1 is 0.971 bits per heavy atom. The quantitative estimate of drug-likeness (QED) is 0.331. The van der Waals surface area contributed by atoms with Crippen LogP contribution < -0.4 is 5.32 Å². The van der Waals surface area contributed by atoms with Crippen molar-refractivity contribution in [1.29, 1.82) is 0 Å². The van der Waals surface area contributed by atoms with Gasteiger partial charge in [0.25, 0.3) is 5.91 Å². The van der Waals surface area contributed by atoms with Crippen molar-refractivity contribution in [2.75, 3.05) is 6.54 Å². The average molecular weight is 528 g/mol. The number of hydrogen-bond acceptors (Lipinski definition) is 3. The zero-order valence-corrected chi connectivity index (χ0v) is 22.1. The van der Waals surface area contributed by atoms with Crippen molar-refractivity contribution in [2.45, 2.75) is 72.0 Å². The van der Waals surface area contributed by atoms with E-state index in [1.807, 2.05) is 53.4 Å². The number of nitrogens with one attached hydrogen (secondary N) is 1. The molecule has 0 fully saturated rings. The molecule has 182 valence electrons. The maximum absolute atomic E-state index is 13.1. The fourth-order valence-corrected chi connectivity index (χ4v) is 4.64. The van der Waals surface area contributed by atoms with E-state index in [0.717, 1.165) is 47.0 Å². The molecule has 3 rings (SSSR count). The van der Waals surface area contributed by atoms with Gasteiger partial charge in [0.05, 0.1) is 11.0 Å². The fraction of sp³-hybridized carbons (Fsp3) is 0.444. The monoisotopic (exact) mass is 526 g/mol. The minimum absolute atomic E-state index is 0.0485. The molecule has 2 aromatic carbocycles. The maximum atomic E-state index is 13.1. The van der Waals surface area contributed by atoms with Crippen molar-refractivity contribution in [1.82, 2.24) is 19.8 Å². The normalized spacial score (nSPS) is 11.4. The van der Waals surface area contributed by atoms with Crippen molar-refractivity contribution in [3.8, 4) is 0 Å². The van der Waals surface area contributed by atoms with Crippen LogP contribution in [0, 0.1) is 0 Å². The number of para-hydroxylation sites is 2. The minimum Gasteiger partial charge on any atom is -0.352 e. The first kappa shape index (κ1) is 25.9. The molecule has 0 unspecified atom stereocenters. The van der Waals surface area contributed by atoms with Crippen LogP contribution in [0.25, 0.3) is 11.0 Å². The average Bonchev–Trinajstić information content (AvgIpc) is 3.13. The van der Waals surface area contributed by atoms with Crippen LogP contribution in [0.15, 0.2) is 53.0 Å². The van der Waals surface area contributed by atoms with Gasteiger partial charge in [-0.15, -0.1) is 0 Å². The first-order valence-corrected chi connectivity index (χ1v) is 12.9. The van der Waals surface area contributed by atoms with E-state index in [2.05, 4.69) is 53.5 Å². The Labute approximate surface area is 210 Å². The maximum Gasteiger partial charge on any atom is 0.251 e. The van der Waals surface area contributed by atoms with Gasteiger partial charge < -0.3 is 14.8 Å². The fourth-order valence-electron chi connectivity index (χ4n) is 4.37. The zero-order valence-electron chi connectivity index (χ0n) is 20.6. The second kappa shape index (κ2) is 12.2. The smallest absolute Gasteiger partial charge is 0.251 e. The van der Waals surface area contributed by atoms with Crippen molar-refractivity contribution < 1.29 is 9.59 Å². The predicted octanol–water partition coefficient (Wildman–Crippen LogP) is 5.59. The van der Waals surface area contributed by atoms with E-state index in [1.165, 1.54) is 0 Å². The highest BCUT2D eigenvalue weighted by Gasteiger charge is 2.22. The van der Waals surface area contributed by atoms with Crippen molar-refractivity contribution in [2.24, 2.45) is 0 Å². The van der Waals surface area contributed by atoms with Crippen LogP contribution in [-0.2, 0) is 17.8 Å². The van der Waals surface area contributed by atoms with Gasteiger partial charge in [-0.2, -0.15) is 0 Å². The molecule has 0 aliphatic heterocycles. The second-order valence-corrected chi connectivity index (χ2v) is 10.1. The number of halogens is 1. The molecule has 7 heteroatoms. The van der Waals surface area contributed by atoms with Gasteiger partial charge in [0, 0.05) is 35.1 Å². The number of imidazole rings is 1. The number of carbonyl (C=O) groups excluding carboxylic acids is 2. The van der Waals surface area contributed by atoms with Crippen molar-refractivity contribution in [3.05, 3.63) is 64.4 Å². The van der Waals surface area contributed by atoms with E-state index in [9.17, 15) is 9.59 Å². The molecule has 0 saturated heterocycles. The third-order valence-corrected chi connectivity index (χ3v) is 6.43. The van der Waals surface area contributed by atoms with Crippen LogP contribution in [0.3, 0.4) is 0 Å². The highest BCUT2D eigenvalue weighted by molar-refractivity contribution is 9.10. The lowest BCUT2D eigenvalue weighted by molar-refractivity contribution is -0.135. The lowest BCUT2D eigenvalue weighted by Gasteiger charge is -2.31. The van der Waals surface area contributed by atoms with E-state index in [-0.39, 0.29) is 23.9 Å². The van der Waals surface area contributed by atoms with Crippen LogP contribution in [-0.4, -0.2) is 44.9 Å². The van der Waals surface area contributed by atoms with Gasteiger partial charge >= 0.3 is 0 Å². The van der Waals surface area contributed by atoms with Gasteiger partial charge in [-0.05, 0) is 76.9 Å². The summed E-state index contributed by atoms with van der Waals surface area (Å²) in [5, 5.41) is 2.98. The van der Waals surface area contributed by atoms with Gasteiger partial charge in [0.15, 0.2) is 0 Å². The molecule has 1 aromatic heterocycles. The van der Waals surface area contributed by atoms with Gasteiger partial charge in [0.1, 0.15) is 12.4 Å². The standard InChI is InChI=1S/C27H35BrN4O2/c1-19(2)32(20(3)4)26(33)18-31-24-11-8-7-10-23(24)30-25(31)12-6-5-9-17-29-27(34)21-13-15-22(28)16-14-21/h7-8,10-11,13-16,19-20H,5-6,9,12,17-18H2,1-4H3,(H,29,34). The van der Waals surface area contributed by atoms with E-state index in [4.69, 9.17) is 4.98 Å². The number of aryl methyl sites for hydroxylation is 1. The molecule has 0 radical (unpaired) electrons. The number of unbranched alkanes of at least 4 members (excludes halogenated alkanes) is 2. The second-order valence-electron chi connectivity index (χ2n) is 9.16. The summed E-state index contributed by atoms with van der Waals surface area (Å²) in [4.78, 5) is 32.1. The molecule has 0 bridgehead atoms. The third-order valence-electron chi connectivity index (χ3n) is 5.90. The molecule has 0 aliphatic rings. The molecule has 0 atom stereocenters. The predicted molar refractivity (Wildman–Crippen MR) is 141 cm³/mol. The molecular formula is C27H35BrN4O2. The summed E-state index contributed by atoms with van der Waals surface area (Å²) in [5.74, 6) is 1.01. The number of amides is 2. The van der Waals surface area contributed by atoms with E-state index < -0.39 is 0 Å². The Morgan fingerprint density at radius 2 is 1.65 bits per heavy atom. The number of nitrogens with zero attached hydrogens (tertiary/aromatic N) is 3. The van der Waals surface area contributed by atoms with Gasteiger partial charge in [-0.25, -0.2) is 4.98 Å². The van der Waals surface area contributed by atoms with Crippen LogP contribution in [0.4, 0.5) is 0 Å². The Hall–Kier alpha value is -2.67. The summed E-state index contributed by atoms with van der Waals surface area (Å²) in [6, 6.07) is 15.7. The van der Waals surface area contributed by atoms with Crippen molar-refractivity contribution >= 4 is 38.8 Å². The SMILES string of the molecule is CC(C)N(C(=O)Cn1c(CCCCCNC(=O)c2ccc(Br)cc2)nc2ccccc21)C(C)C. The highest BCUT2D eigenvalue weighted by atomic mass is 79.9. The lowest BCUT2D eigenvalue weighted by Crippen LogP contribution is -2.43. The molecule has 0 spiro atoms. The highest BCUT2D eigenvalue weighted by Crippen LogP contribution is 2.19. The summed E-state index contributed by atoms with van der Waals surface area (Å²) in [5.41, 5.74) is 2.59. The first-order valence-electron chi connectivity index (χ1n) is 12.1. The minimum atomic E-state index is -0.0485. The van der Waals surface area contributed by atoms with Gasteiger partial charge in [0.2, 0.25) is 5.91 Å². The Morgan fingerprint density at radius 3 is 2.32 bits per heavy atom. The van der Waals surface area contributed by atoms with E-state index in [0.29, 0.717) is 18.7 Å². The van der Waals surface area contributed by atoms with Gasteiger partial charge in [-0.1, -0.05) is 34.5 Å². The molecular weight excluding hydrogens is 492 g/mol. The number of hydrogen-bond donors (Lipinski definition) is 1. The number of fused-ring (bicyclic) bond motifs is 1. The molecule has 6 nitrogen and oxygen atoms in total. The topological polar surface area (TPSA) is 67.2 Å². The van der Waals surface area contributed by atoms with Crippen LogP contribution >= 0.6 is 15.9 Å². The molecule has 2 amide bonds. The third kappa shape index (κ3) is 6.69. The molecule has 0 aliphatic carbocycles. The molecule has 3 aromatic rings. The summed E-state index contributed by atoms with van der Waals surface area (Å²) < 4.78 is 3.03. The summed E-state index contributed by atoms with van der Waals surface area (Å²) in [7, 11) is 0. The van der Waals surface area contributed by atoms with E-state index >= 15 is 0 Å². The van der Waals surface area contributed by atoms with Crippen LogP contribution in [0.1, 0.15) is 63.1 Å². The Balaban J connectivity index is 1.56. The lowest BCUT2D eigenvalue weighted by atomic mass is 10.1. The number of aromatic nitrogens is 2. The van der Waals surface area contributed by atoms with Crippen LogP contribution in [0.5, 0.6) is 0 Å². The summed E-state index contributed by atoms with van der Waals surface area (Å²) in [6.07, 6.45) is 3.62. The molecule has 1 heterocycles. The molecule has 34 heavy (non-hydrogen) atoms. The first-order chi connectivity index (χ1) is 16.3. The van der Waals surface area contributed by atoms with Crippen molar-refractivity contribution in [3.63, 3.8) is 0 Å². The molecule has 1 N–H and O–H groups in total. The van der Waals surface area contributed by atoms with E-state index in [1.54, 1.807) is 0 Å². The summed E-state index contributed by atoms with van der Waals surface area (Å²) >= 11 is 3.38. The Bertz CT molecular complexity index is 1100. The Kier molecular flexibility index (Phi) is 9.28. The molecule has 0 saturated carbocycles. The number of carbonyl (C=O) groups is 2. The van der Waals surface area contributed by atoms with Crippen LogP contribution in [0.2, 0.25) is 0 Å². The number of benzene rings is 2. The summed E-state index contributed by atoms with van der Waals surface area (Å²) in [6.45, 7) is 9.17. The number of rotatable bonds is 11. The largest absolute Gasteiger partial charge is 0.352 e. The zero-order chi connectivity index (χ0) is 24.7.